The number of nitrogens with one attached hydrogen (secondary N) is 1. The van der Waals surface area contributed by atoms with Gasteiger partial charge >= 0.3 is 0 Å². The predicted molar refractivity (Wildman–Crippen MR) is 76.4 cm³/mol. The van der Waals surface area contributed by atoms with E-state index in [2.05, 4.69) is 24.2 Å². The first-order valence-corrected chi connectivity index (χ1v) is 7.92. The number of piperazine rings is 1. The van der Waals surface area contributed by atoms with E-state index in [0.29, 0.717) is 6.04 Å². The summed E-state index contributed by atoms with van der Waals surface area (Å²) in [6, 6.07) is 0.608. The molecule has 0 amide bonds. The minimum atomic E-state index is 0.608. The highest BCUT2D eigenvalue weighted by atomic mass is 32.1. The van der Waals surface area contributed by atoms with E-state index < -0.39 is 0 Å². The van der Waals surface area contributed by atoms with Crippen LogP contribution >= 0.6 is 11.3 Å². The first kappa shape index (κ1) is 12.6. The molecule has 1 unspecified atom stereocenters. The normalized spacial score (nSPS) is 26.2. The summed E-state index contributed by atoms with van der Waals surface area (Å²) in [6.07, 6.45) is 5.27. The maximum absolute atomic E-state index is 4.79. The van der Waals surface area contributed by atoms with Crippen molar-refractivity contribution in [2.45, 2.75) is 44.6 Å². The third-order valence-corrected chi connectivity index (χ3v) is 5.60. The van der Waals surface area contributed by atoms with Gasteiger partial charge in [0.2, 0.25) is 0 Å². The Balaban J connectivity index is 1.66. The third kappa shape index (κ3) is 2.60. The fourth-order valence-corrected chi connectivity index (χ4v) is 4.14. The molecule has 1 N–H and O–H groups in total. The molecule has 0 spiro atoms. The monoisotopic (exact) mass is 265 g/mol. The lowest BCUT2D eigenvalue weighted by Gasteiger charge is -2.30. The highest BCUT2D eigenvalue weighted by Crippen LogP contribution is 2.39. The van der Waals surface area contributed by atoms with Crippen LogP contribution in [-0.4, -0.2) is 42.6 Å². The molecular formula is C14H23N3S. The van der Waals surface area contributed by atoms with Gasteiger partial charge in [-0.1, -0.05) is 6.42 Å². The van der Waals surface area contributed by atoms with Crippen molar-refractivity contribution in [2.24, 2.45) is 0 Å². The molecule has 2 aliphatic rings. The highest BCUT2D eigenvalue weighted by molar-refractivity contribution is 7.11. The molecule has 1 saturated heterocycles. The zero-order chi connectivity index (χ0) is 12.5. The van der Waals surface area contributed by atoms with E-state index in [1.807, 2.05) is 11.3 Å². The molecule has 1 aromatic heterocycles. The lowest BCUT2D eigenvalue weighted by Crippen LogP contribution is -2.49. The van der Waals surface area contributed by atoms with Gasteiger partial charge in [0.05, 0.1) is 10.7 Å². The van der Waals surface area contributed by atoms with Crippen molar-refractivity contribution < 1.29 is 0 Å². The molecule has 2 heterocycles. The van der Waals surface area contributed by atoms with E-state index in [1.165, 1.54) is 41.4 Å². The van der Waals surface area contributed by atoms with Crippen molar-refractivity contribution in [1.29, 1.82) is 0 Å². The molecule has 1 aliphatic heterocycles. The van der Waals surface area contributed by atoms with Gasteiger partial charge in [0, 0.05) is 42.9 Å². The molecule has 4 heteroatoms. The Morgan fingerprint density at radius 2 is 2.28 bits per heavy atom. The van der Waals surface area contributed by atoms with Crippen molar-refractivity contribution in [2.75, 3.05) is 26.7 Å². The molecule has 3 nitrogen and oxygen atoms in total. The Bertz CT molecular complexity index is 411. The summed E-state index contributed by atoms with van der Waals surface area (Å²) in [5.41, 5.74) is 1.27. The van der Waals surface area contributed by atoms with Crippen molar-refractivity contribution in [3.05, 3.63) is 15.6 Å². The molecule has 100 valence electrons. The van der Waals surface area contributed by atoms with Crippen LogP contribution in [0.25, 0.3) is 0 Å². The predicted octanol–water partition coefficient (Wildman–Crippen LogP) is 2.17. The summed E-state index contributed by atoms with van der Waals surface area (Å²) in [4.78, 5) is 8.72. The van der Waals surface area contributed by atoms with E-state index in [0.717, 1.165) is 25.4 Å². The molecule has 3 rings (SSSR count). The number of rotatable bonds is 3. The zero-order valence-corrected chi connectivity index (χ0v) is 12.2. The van der Waals surface area contributed by atoms with E-state index in [1.54, 1.807) is 0 Å². The molecule has 1 aromatic rings. The van der Waals surface area contributed by atoms with Crippen LogP contribution in [0.1, 0.15) is 40.8 Å². The van der Waals surface area contributed by atoms with Crippen LogP contribution in [0.2, 0.25) is 0 Å². The minimum Gasteiger partial charge on any atom is -0.311 e. The Labute approximate surface area is 114 Å². The minimum absolute atomic E-state index is 0.608. The fourth-order valence-electron chi connectivity index (χ4n) is 2.82. The Hall–Kier alpha value is -0.450. The topological polar surface area (TPSA) is 28.2 Å². The van der Waals surface area contributed by atoms with E-state index in [9.17, 15) is 0 Å². The van der Waals surface area contributed by atoms with Crippen LogP contribution in [0.15, 0.2) is 0 Å². The summed E-state index contributed by atoms with van der Waals surface area (Å²) >= 11 is 1.97. The molecule has 1 saturated carbocycles. The van der Waals surface area contributed by atoms with E-state index >= 15 is 0 Å². The van der Waals surface area contributed by atoms with Crippen LogP contribution in [0.4, 0.5) is 0 Å². The number of aryl methyl sites for hydroxylation is 1. The molecule has 0 aromatic carbocycles. The fraction of sp³-hybridized carbons (Fsp3) is 0.786. The number of aromatic nitrogens is 1. The lowest BCUT2D eigenvalue weighted by atomic mass is 9.86. The largest absolute Gasteiger partial charge is 0.311 e. The molecule has 2 fully saturated rings. The Morgan fingerprint density at radius 3 is 2.94 bits per heavy atom. The van der Waals surface area contributed by atoms with Gasteiger partial charge < -0.3 is 10.2 Å². The zero-order valence-electron chi connectivity index (χ0n) is 11.4. The van der Waals surface area contributed by atoms with Gasteiger partial charge in [-0.05, 0) is 26.8 Å². The van der Waals surface area contributed by atoms with Gasteiger partial charge in [-0.3, -0.25) is 0 Å². The van der Waals surface area contributed by atoms with Crippen LogP contribution in [0, 0.1) is 6.92 Å². The quantitative estimate of drug-likeness (QED) is 0.908. The van der Waals surface area contributed by atoms with Gasteiger partial charge in [-0.15, -0.1) is 11.3 Å². The van der Waals surface area contributed by atoms with E-state index in [4.69, 9.17) is 4.98 Å². The maximum atomic E-state index is 4.79. The lowest BCUT2D eigenvalue weighted by molar-refractivity contribution is 0.238. The van der Waals surface area contributed by atoms with Crippen molar-refractivity contribution in [3.63, 3.8) is 0 Å². The number of hydrogen-bond donors (Lipinski definition) is 1. The van der Waals surface area contributed by atoms with Gasteiger partial charge in [0.15, 0.2) is 0 Å². The molecule has 18 heavy (non-hydrogen) atoms. The summed E-state index contributed by atoms with van der Waals surface area (Å²) < 4.78 is 0. The van der Waals surface area contributed by atoms with Crippen molar-refractivity contribution in [1.82, 2.24) is 15.2 Å². The first-order valence-electron chi connectivity index (χ1n) is 7.10. The summed E-state index contributed by atoms with van der Waals surface area (Å²) in [7, 11) is 2.22. The number of hydrogen-bond acceptors (Lipinski definition) is 4. The average molecular weight is 265 g/mol. The molecule has 0 bridgehead atoms. The van der Waals surface area contributed by atoms with E-state index in [-0.39, 0.29) is 0 Å². The van der Waals surface area contributed by atoms with Gasteiger partial charge in [-0.2, -0.15) is 0 Å². The number of nitrogens with zero attached hydrogens (tertiary/aromatic N) is 2. The molecular weight excluding hydrogens is 242 g/mol. The second kappa shape index (κ2) is 5.27. The van der Waals surface area contributed by atoms with Crippen LogP contribution in [0.3, 0.4) is 0 Å². The van der Waals surface area contributed by atoms with Crippen LogP contribution in [-0.2, 0) is 6.42 Å². The van der Waals surface area contributed by atoms with Crippen molar-refractivity contribution >= 4 is 11.3 Å². The number of likely N-dealkylation sites (N-methyl/N-ethyl adjacent to an activating group) is 1. The molecule has 1 atom stereocenters. The highest BCUT2D eigenvalue weighted by Gasteiger charge is 2.25. The van der Waals surface area contributed by atoms with Crippen molar-refractivity contribution in [3.8, 4) is 0 Å². The molecule has 1 aliphatic carbocycles. The standard InChI is InChI=1S/C14H23N3S/c1-10-13(8-12-9-17(2)7-6-15-12)18-14(16-10)11-4-3-5-11/h11-12,15H,3-9H2,1-2H3. The van der Waals surface area contributed by atoms with Gasteiger partial charge in [0.25, 0.3) is 0 Å². The summed E-state index contributed by atoms with van der Waals surface area (Å²) in [5.74, 6) is 0.782. The van der Waals surface area contributed by atoms with Gasteiger partial charge in [0.1, 0.15) is 0 Å². The second-order valence-electron chi connectivity index (χ2n) is 5.81. The summed E-state index contributed by atoms with van der Waals surface area (Å²) in [6.45, 7) is 5.64. The number of thiazole rings is 1. The smallest absolute Gasteiger partial charge is 0.0961 e. The maximum Gasteiger partial charge on any atom is 0.0961 e. The molecule has 0 radical (unpaired) electrons. The Kier molecular flexibility index (Phi) is 3.68. The third-order valence-electron chi connectivity index (χ3n) is 4.25. The SMILES string of the molecule is Cc1nc(C2CCC2)sc1CC1CN(C)CCN1. The Morgan fingerprint density at radius 1 is 1.44 bits per heavy atom. The van der Waals surface area contributed by atoms with Crippen LogP contribution < -0.4 is 5.32 Å². The first-order chi connectivity index (χ1) is 8.72. The average Bonchev–Trinajstić information content (AvgIpc) is 2.57. The second-order valence-corrected chi connectivity index (χ2v) is 6.92. The summed E-state index contributed by atoms with van der Waals surface area (Å²) in [5, 5.41) is 5.03. The van der Waals surface area contributed by atoms with Crippen LogP contribution in [0.5, 0.6) is 0 Å². The van der Waals surface area contributed by atoms with Gasteiger partial charge in [-0.25, -0.2) is 4.98 Å².